The standard InChI is InChI=1S/C15H21N3O3S/c1-12(19)18(10-8-17-22(2,20)21)9-7-13-11-16-15-6-4-3-5-14(13)15/h3-6,11,16-17H,7-10H2,1-2H3. The van der Waals surface area contributed by atoms with E-state index in [1.54, 1.807) is 4.90 Å². The number of amides is 1. The van der Waals surface area contributed by atoms with E-state index in [-0.39, 0.29) is 12.5 Å². The molecule has 1 aromatic heterocycles. The van der Waals surface area contributed by atoms with Crippen molar-refractivity contribution in [1.82, 2.24) is 14.6 Å². The molecule has 1 amide bonds. The second-order valence-electron chi connectivity index (χ2n) is 5.28. The van der Waals surface area contributed by atoms with Crippen molar-refractivity contribution >= 4 is 26.8 Å². The van der Waals surface area contributed by atoms with Crippen molar-refractivity contribution in [3.63, 3.8) is 0 Å². The molecule has 0 saturated carbocycles. The lowest BCUT2D eigenvalue weighted by Crippen LogP contribution is -2.38. The number of fused-ring (bicyclic) bond motifs is 1. The molecule has 1 aromatic carbocycles. The van der Waals surface area contributed by atoms with E-state index >= 15 is 0 Å². The van der Waals surface area contributed by atoms with E-state index in [0.717, 1.165) is 29.1 Å². The fourth-order valence-corrected chi connectivity index (χ4v) is 2.85. The van der Waals surface area contributed by atoms with Crippen molar-refractivity contribution in [2.45, 2.75) is 13.3 Å². The summed E-state index contributed by atoms with van der Waals surface area (Å²) in [5.74, 6) is -0.0601. The average molecular weight is 323 g/mol. The van der Waals surface area contributed by atoms with Crippen molar-refractivity contribution in [1.29, 1.82) is 0 Å². The lowest BCUT2D eigenvalue weighted by molar-refractivity contribution is -0.128. The van der Waals surface area contributed by atoms with Crippen LogP contribution in [0.5, 0.6) is 0 Å². The van der Waals surface area contributed by atoms with Gasteiger partial charge in [0.25, 0.3) is 0 Å². The number of rotatable bonds is 7. The minimum absolute atomic E-state index is 0.0601. The fourth-order valence-electron chi connectivity index (χ4n) is 2.39. The first-order valence-electron chi connectivity index (χ1n) is 7.12. The van der Waals surface area contributed by atoms with Gasteiger partial charge in [-0.15, -0.1) is 0 Å². The molecule has 0 atom stereocenters. The molecule has 6 nitrogen and oxygen atoms in total. The van der Waals surface area contributed by atoms with Gasteiger partial charge in [0.2, 0.25) is 15.9 Å². The Morgan fingerprint density at radius 3 is 2.68 bits per heavy atom. The summed E-state index contributed by atoms with van der Waals surface area (Å²) >= 11 is 0. The number of benzene rings is 1. The number of carbonyl (C=O) groups is 1. The van der Waals surface area contributed by atoms with Crippen LogP contribution >= 0.6 is 0 Å². The number of hydrogen-bond donors (Lipinski definition) is 2. The number of para-hydroxylation sites is 1. The maximum absolute atomic E-state index is 11.7. The van der Waals surface area contributed by atoms with E-state index in [4.69, 9.17) is 0 Å². The Hall–Kier alpha value is -1.86. The molecule has 2 N–H and O–H groups in total. The Morgan fingerprint density at radius 2 is 2.00 bits per heavy atom. The number of sulfonamides is 1. The van der Waals surface area contributed by atoms with Crippen molar-refractivity contribution in [2.75, 3.05) is 25.9 Å². The zero-order valence-electron chi connectivity index (χ0n) is 12.8. The highest BCUT2D eigenvalue weighted by Crippen LogP contribution is 2.18. The molecular weight excluding hydrogens is 302 g/mol. The van der Waals surface area contributed by atoms with Crippen molar-refractivity contribution in [2.24, 2.45) is 0 Å². The van der Waals surface area contributed by atoms with Gasteiger partial charge < -0.3 is 9.88 Å². The molecule has 0 spiro atoms. The maximum Gasteiger partial charge on any atom is 0.219 e. The molecule has 1 heterocycles. The summed E-state index contributed by atoms with van der Waals surface area (Å²) in [4.78, 5) is 16.5. The molecule has 2 rings (SSSR count). The third-order valence-electron chi connectivity index (χ3n) is 3.52. The summed E-state index contributed by atoms with van der Waals surface area (Å²) in [7, 11) is -3.23. The molecule has 120 valence electrons. The Kier molecular flexibility index (Phi) is 5.20. The largest absolute Gasteiger partial charge is 0.361 e. The number of nitrogens with zero attached hydrogens (tertiary/aromatic N) is 1. The van der Waals surface area contributed by atoms with Crippen LogP contribution in [0.3, 0.4) is 0 Å². The molecule has 0 aliphatic heterocycles. The number of nitrogens with one attached hydrogen (secondary N) is 2. The van der Waals surface area contributed by atoms with Crippen molar-refractivity contribution in [3.05, 3.63) is 36.0 Å². The molecule has 22 heavy (non-hydrogen) atoms. The first-order chi connectivity index (χ1) is 10.4. The average Bonchev–Trinajstić information content (AvgIpc) is 2.84. The van der Waals surface area contributed by atoms with Crippen LogP contribution in [0.2, 0.25) is 0 Å². The third kappa shape index (κ3) is 4.57. The van der Waals surface area contributed by atoms with Gasteiger partial charge in [-0.05, 0) is 18.1 Å². The van der Waals surface area contributed by atoms with E-state index in [1.165, 1.54) is 6.92 Å². The van der Waals surface area contributed by atoms with Gasteiger partial charge in [-0.3, -0.25) is 4.79 Å². The minimum Gasteiger partial charge on any atom is -0.361 e. The summed E-state index contributed by atoms with van der Waals surface area (Å²) in [6, 6.07) is 8.02. The summed E-state index contributed by atoms with van der Waals surface area (Å²) in [5, 5.41) is 1.15. The second kappa shape index (κ2) is 6.93. The SMILES string of the molecule is CC(=O)N(CCNS(C)(=O)=O)CCc1c[nH]c2ccccc12. The first-order valence-corrected chi connectivity index (χ1v) is 9.01. The maximum atomic E-state index is 11.7. The molecule has 0 saturated heterocycles. The van der Waals surface area contributed by atoms with Gasteiger partial charge in [-0.1, -0.05) is 18.2 Å². The normalized spacial score (nSPS) is 11.7. The minimum atomic E-state index is -3.23. The van der Waals surface area contributed by atoms with Crippen molar-refractivity contribution in [3.8, 4) is 0 Å². The molecule has 7 heteroatoms. The highest BCUT2D eigenvalue weighted by molar-refractivity contribution is 7.88. The molecule has 0 radical (unpaired) electrons. The summed E-state index contributed by atoms with van der Waals surface area (Å²) < 4.78 is 24.5. The van der Waals surface area contributed by atoms with E-state index in [0.29, 0.717) is 13.1 Å². The number of aromatic amines is 1. The molecule has 0 fully saturated rings. The van der Waals surface area contributed by atoms with Crippen LogP contribution in [0.4, 0.5) is 0 Å². The Balaban J connectivity index is 1.95. The molecule has 0 aliphatic carbocycles. The van der Waals surface area contributed by atoms with Crippen LogP contribution in [0.25, 0.3) is 10.9 Å². The van der Waals surface area contributed by atoms with Gasteiger partial charge in [0, 0.05) is 43.7 Å². The van der Waals surface area contributed by atoms with Gasteiger partial charge in [-0.25, -0.2) is 13.1 Å². The number of H-pyrrole nitrogens is 1. The van der Waals surface area contributed by atoms with Gasteiger partial charge in [0.05, 0.1) is 6.26 Å². The van der Waals surface area contributed by atoms with Crippen molar-refractivity contribution < 1.29 is 13.2 Å². The van der Waals surface area contributed by atoms with Gasteiger partial charge in [-0.2, -0.15) is 0 Å². The van der Waals surface area contributed by atoms with Gasteiger partial charge >= 0.3 is 0 Å². The zero-order chi connectivity index (χ0) is 16.2. The number of aromatic nitrogens is 1. The van der Waals surface area contributed by atoms with Gasteiger partial charge in [0.15, 0.2) is 0 Å². The van der Waals surface area contributed by atoms with Crippen LogP contribution in [0, 0.1) is 0 Å². The van der Waals surface area contributed by atoms with Crippen LogP contribution < -0.4 is 4.72 Å². The molecule has 0 bridgehead atoms. The zero-order valence-corrected chi connectivity index (χ0v) is 13.6. The van der Waals surface area contributed by atoms with E-state index in [9.17, 15) is 13.2 Å². The molecule has 0 unspecified atom stereocenters. The molecule has 2 aromatic rings. The quantitative estimate of drug-likeness (QED) is 0.801. The van der Waals surface area contributed by atoms with Crippen LogP contribution in [-0.2, 0) is 21.2 Å². The first kappa shape index (κ1) is 16.5. The third-order valence-corrected chi connectivity index (χ3v) is 4.25. The topological polar surface area (TPSA) is 82.3 Å². The Morgan fingerprint density at radius 1 is 1.27 bits per heavy atom. The van der Waals surface area contributed by atoms with E-state index in [2.05, 4.69) is 9.71 Å². The van der Waals surface area contributed by atoms with E-state index in [1.807, 2.05) is 30.5 Å². The predicted molar refractivity (Wildman–Crippen MR) is 87.1 cm³/mol. The van der Waals surface area contributed by atoms with Crippen LogP contribution in [0.15, 0.2) is 30.5 Å². The Bertz CT molecular complexity index is 752. The number of carbonyl (C=O) groups excluding carboxylic acids is 1. The number of hydrogen-bond acceptors (Lipinski definition) is 3. The fraction of sp³-hybridized carbons (Fsp3) is 0.400. The predicted octanol–water partition coefficient (Wildman–Crippen LogP) is 1.11. The van der Waals surface area contributed by atoms with Crippen LogP contribution in [0.1, 0.15) is 12.5 Å². The summed E-state index contributed by atoms with van der Waals surface area (Å²) in [6.45, 7) is 2.65. The van der Waals surface area contributed by atoms with E-state index < -0.39 is 10.0 Å². The lowest BCUT2D eigenvalue weighted by atomic mass is 10.1. The second-order valence-corrected chi connectivity index (χ2v) is 7.12. The summed E-state index contributed by atoms with van der Waals surface area (Å²) in [5.41, 5.74) is 2.23. The Labute approximate surface area is 130 Å². The lowest BCUT2D eigenvalue weighted by Gasteiger charge is -2.20. The smallest absolute Gasteiger partial charge is 0.219 e. The highest BCUT2D eigenvalue weighted by atomic mass is 32.2. The summed E-state index contributed by atoms with van der Waals surface area (Å²) in [6.07, 6.45) is 3.79. The highest BCUT2D eigenvalue weighted by Gasteiger charge is 2.11. The van der Waals surface area contributed by atoms with Gasteiger partial charge in [0.1, 0.15) is 0 Å². The van der Waals surface area contributed by atoms with Crippen LogP contribution in [-0.4, -0.2) is 50.1 Å². The molecular formula is C15H21N3O3S. The molecule has 0 aliphatic rings. The monoisotopic (exact) mass is 323 g/mol.